The molecule has 148 valence electrons. The zero-order valence-electron chi connectivity index (χ0n) is 15.4. The second-order valence-corrected chi connectivity index (χ2v) is 6.97. The number of benzene rings is 2. The molecule has 0 atom stereocenters. The maximum atomic E-state index is 11.8. The van der Waals surface area contributed by atoms with Crippen molar-refractivity contribution in [1.29, 1.82) is 0 Å². The van der Waals surface area contributed by atoms with E-state index in [4.69, 9.17) is 20.9 Å². The molecule has 8 heteroatoms. The molecule has 0 spiro atoms. The molecule has 0 saturated carbocycles. The average Bonchev–Trinajstić information content (AvgIpc) is 3.20. The minimum absolute atomic E-state index is 0.124. The lowest BCUT2D eigenvalue weighted by Crippen LogP contribution is -2.17. The average molecular weight is 412 g/mol. The van der Waals surface area contributed by atoms with Gasteiger partial charge in [0, 0.05) is 34.2 Å². The van der Waals surface area contributed by atoms with Crippen LogP contribution in [-0.2, 0) is 19.7 Å². The molecule has 2 aromatic heterocycles. The van der Waals surface area contributed by atoms with Gasteiger partial charge in [-0.25, -0.2) is 14.6 Å². The Morgan fingerprint density at radius 3 is 2.66 bits per heavy atom. The summed E-state index contributed by atoms with van der Waals surface area (Å²) in [5.41, 5.74) is 2.20. The molecule has 1 N–H and O–H groups in total. The van der Waals surface area contributed by atoms with E-state index in [-0.39, 0.29) is 6.54 Å². The third kappa shape index (κ3) is 4.05. The van der Waals surface area contributed by atoms with Crippen molar-refractivity contribution in [3.05, 3.63) is 98.5 Å². The molecule has 2 aromatic carbocycles. The van der Waals surface area contributed by atoms with Gasteiger partial charge in [0.15, 0.2) is 0 Å². The van der Waals surface area contributed by atoms with Crippen LogP contribution in [0.25, 0.3) is 10.9 Å². The Kier molecular flexibility index (Phi) is 5.14. The number of aromatic amines is 1. The highest BCUT2D eigenvalue weighted by Gasteiger charge is 2.13. The molecule has 4 aromatic rings. The molecule has 29 heavy (non-hydrogen) atoms. The molecule has 2 heterocycles. The fourth-order valence-electron chi connectivity index (χ4n) is 3.18. The SMILES string of the molecule is C=CCn1cc(Cn2oc(=O)[nH]c2=O)c2cc(OCc3ccc(Cl)cc3)ccc21. The highest BCUT2D eigenvalue weighted by atomic mass is 35.5. The molecule has 0 fully saturated rings. The molecule has 4 rings (SSSR count). The largest absolute Gasteiger partial charge is 0.489 e. The highest BCUT2D eigenvalue weighted by Crippen LogP contribution is 2.27. The van der Waals surface area contributed by atoms with Crippen LogP contribution in [0.15, 0.2) is 75.4 Å². The number of nitrogens with one attached hydrogen (secondary N) is 1. The van der Waals surface area contributed by atoms with Gasteiger partial charge in [0.25, 0.3) is 0 Å². The molecule has 0 unspecified atom stereocenters. The van der Waals surface area contributed by atoms with E-state index in [1.165, 1.54) is 0 Å². The monoisotopic (exact) mass is 411 g/mol. The Morgan fingerprint density at radius 1 is 1.17 bits per heavy atom. The molecule has 0 amide bonds. The van der Waals surface area contributed by atoms with Gasteiger partial charge in [-0.05, 0) is 35.9 Å². The molecule has 0 aliphatic heterocycles. The number of H-pyrrole nitrogens is 1. The summed E-state index contributed by atoms with van der Waals surface area (Å²) in [6.07, 6.45) is 3.70. The first-order chi connectivity index (χ1) is 14.0. The number of hydrogen-bond acceptors (Lipinski definition) is 4. The van der Waals surface area contributed by atoms with Crippen molar-refractivity contribution in [2.45, 2.75) is 19.7 Å². The third-order valence-corrected chi connectivity index (χ3v) is 4.77. The summed E-state index contributed by atoms with van der Waals surface area (Å²) in [6, 6.07) is 13.2. The molecule has 0 saturated heterocycles. The molecule has 0 radical (unpaired) electrons. The van der Waals surface area contributed by atoms with E-state index in [1.54, 1.807) is 6.08 Å². The van der Waals surface area contributed by atoms with Crippen LogP contribution in [0.5, 0.6) is 5.75 Å². The second-order valence-electron chi connectivity index (χ2n) is 6.53. The Morgan fingerprint density at radius 2 is 1.97 bits per heavy atom. The van der Waals surface area contributed by atoms with Gasteiger partial charge in [0.1, 0.15) is 12.4 Å². The maximum absolute atomic E-state index is 11.8. The second kappa shape index (κ2) is 7.89. The smallest absolute Gasteiger partial charge is 0.440 e. The van der Waals surface area contributed by atoms with Crippen molar-refractivity contribution in [3.8, 4) is 5.75 Å². The number of allylic oxidation sites excluding steroid dienone is 1. The number of fused-ring (bicyclic) bond motifs is 1. The van der Waals surface area contributed by atoms with Gasteiger partial charge in [0.2, 0.25) is 0 Å². The summed E-state index contributed by atoms with van der Waals surface area (Å²) in [5.74, 6) is -0.0928. The van der Waals surface area contributed by atoms with E-state index in [9.17, 15) is 9.59 Å². The molecule has 0 bridgehead atoms. The van der Waals surface area contributed by atoms with E-state index < -0.39 is 11.4 Å². The lowest BCUT2D eigenvalue weighted by molar-refractivity contribution is 0.258. The van der Waals surface area contributed by atoms with Crippen LogP contribution < -0.4 is 16.2 Å². The Balaban J connectivity index is 1.66. The van der Waals surface area contributed by atoms with Crippen LogP contribution in [0.2, 0.25) is 5.02 Å². The van der Waals surface area contributed by atoms with E-state index in [1.807, 2.05) is 53.2 Å². The van der Waals surface area contributed by atoms with Gasteiger partial charge >= 0.3 is 11.4 Å². The van der Waals surface area contributed by atoms with Gasteiger partial charge in [-0.1, -0.05) is 29.8 Å². The fourth-order valence-corrected chi connectivity index (χ4v) is 3.30. The molecular weight excluding hydrogens is 394 g/mol. The van der Waals surface area contributed by atoms with Crippen molar-refractivity contribution in [2.24, 2.45) is 0 Å². The number of aromatic nitrogens is 3. The minimum Gasteiger partial charge on any atom is -0.489 e. The normalized spacial score (nSPS) is 11.1. The first kappa shape index (κ1) is 18.9. The van der Waals surface area contributed by atoms with Crippen LogP contribution in [0, 0.1) is 0 Å². The van der Waals surface area contributed by atoms with Crippen LogP contribution in [0.1, 0.15) is 11.1 Å². The van der Waals surface area contributed by atoms with Crippen molar-refractivity contribution in [3.63, 3.8) is 0 Å². The quantitative estimate of drug-likeness (QED) is 0.471. The predicted octanol–water partition coefficient (Wildman–Crippen LogP) is 3.55. The Bertz CT molecular complexity index is 1280. The Labute approximate surface area is 170 Å². The van der Waals surface area contributed by atoms with Gasteiger partial charge in [-0.15, -0.1) is 11.3 Å². The lowest BCUT2D eigenvalue weighted by atomic mass is 10.1. The minimum atomic E-state index is -0.781. The number of ether oxygens (including phenoxy) is 1. The fraction of sp³-hybridized carbons (Fsp3) is 0.143. The predicted molar refractivity (Wildman–Crippen MR) is 111 cm³/mol. The van der Waals surface area contributed by atoms with Gasteiger partial charge < -0.3 is 13.8 Å². The van der Waals surface area contributed by atoms with Gasteiger partial charge in [-0.2, -0.15) is 0 Å². The number of hydrogen-bond donors (Lipinski definition) is 1. The summed E-state index contributed by atoms with van der Waals surface area (Å²) in [4.78, 5) is 25.2. The summed E-state index contributed by atoms with van der Waals surface area (Å²) in [5, 5.41) is 1.58. The first-order valence-corrected chi connectivity index (χ1v) is 9.31. The van der Waals surface area contributed by atoms with Crippen molar-refractivity contribution < 1.29 is 9.26 Å². The molecule has 0 aliphatic rings. The standard InChI is InChI=1S/C21H18ClN3O4/c1-2-9-24-11-15(12-25-20(26)23-21(27)29-25)18-10-17(7-8-19(18)24)28-13-14-3-5-16(22)6-4-14/h2-8,10-11H,1,9,12-13H2,(H,23,26,27). The summed E-state index contributed by atoms with van der Waals surface area (Å²) in [7, 11) is 0. The first-order valence-electron chi connectivity index (χ1n) is 8.94. The summed E-state index contributed by atoms with van der Waals surface area (Å²) < 4.78 is 13.8. The Hall–Kier alpha value is -3.45. The van der Waals surface area contributed by atoms with E-state index in [2.05, 4.69) is 11.6 Å². The topological polar surface area (TPSA) is 82.2 Å². The van der Waals surface area contributed by atoms with Crippen LogP contribution in [0.4, 0.5) is 0 Å². The van der Waals surface area contributed by atoms with Crippen molar-refractivity contribution in [1.82, 2.24) is 14.3 Å². The van der Waals surface area contributed by atoms with Gasteiger partial charge in [0.05, 0.1) is 6.54 Å². The maximum Gasteiger partial charge on any atom is 0.440 e. The van der Waals surface area contributed by atoms with Crippen LogP contribution >= 0.6 is 11.6 Å². The zero-order valence-corrected chi connectivity index (χ0v) is 16.2. The number of nitrogens with zero attached hydrogens (tertiary/aromatic N) is 2. The van der Waals surface area contributed by atoms with E-state index >= 15 is 0 Å². The molecule has 0 aliphatic carbocycles. The third-order valence-electron chi connectivity index (χ3n) is 4.52. The van der Waals surface area contributed by atoms with E-state index in [0.717, 1.165) is 26.8 Å². The van der Waals surface area contributed by atoms with Gasteiger partial charge in [-0.3, -0.25) is 0 Å². The number of rotatable bonds is 7. The van der Waals surface area contributed by atoms with Crippen LogP contribution in [0.3, 0.4) is 0 Å². The van der Waals surface area contributed by atoms with Crippen molar-refractivity contribution in [2.75, 3.05) is 0 Å². The highest BCUT2D eigenvalue weighted by molar-refractivity contribution is 6.30. The molecule has 7 nitrogen and oxygen atoms in total. The summed E-state index contributed by atoms with van der Waals surface area (Å²) in [6.45, 7) is 4.91. The zero-order chi connectivity index (χ0) is 20.4. The summed E-state index contributed by atoms with van der Waals surface area (Å²) >= 11 is 5.91. The van der Waals surface area contributed by atoms with E-state index in [0.29, 0.717) is 23.9 Å². The molecular formula is C21H18ClN3O4. The lowest BCUT2D eigenvalue weighted by Gasteiger charge is -2.08. The van der Waals surface area contributed by atoms with Crippen LogP contribution in [-0.4, -0.2) is 14.3 Å². The number of halogens is 1. The van der Waals surface area contributed by atoms with Crippen molar-refractivity contribution >= 4 is 22.5 Å².